The fourth-order valence-corrected chi connectivity index (χ4v) is 4.33. The van der Waals surface area contributed by atoms with E-state index < -0.39 is 5.41 Å². The second-order valence-corrected chi connectivity index (χ2v) is 8.48. The van der Waals surface area contributed by atoms with E-state index in [1.807, 2.05) is 69.6 Å². The molecule has 1 amide bonds. The summed E-state index contributed by atoms with van der Waals surface area (Å²) in [6.07, 6.45) is 1.53. The number of nitrogens with one attached hydrogen (secondary N) is 1. The normalized spacial score (nSPS) is 13.6. The van der Waals surface area contributed by atoms with Gasteiger partial charge in [0.05, 0.1) is 20.6 Å². The number of hydrogen-bond donors (Lipinski definition) is 1. The molecule has 1 aromatic heterocycles. The predicted octanol–water partition coefficient (Wildman–Crippen LogP) is 3.86. The number of hydrogen-bond acceptors (Lipinski definition) is 4. The summed E-state index contributed by atoms with van der Waals surface area (Å²) in [5, 5.41) is 4.13. The molecule has 1 heterocycles. The van der Waals surface area contributed by atoms with Gasteiger partial charge in [0, 0.05) is 13.0 Å². The molecule has 0 saturated heterocycles. The van der Waals surface area contributed by atoms with Crippen LogP contribution in [0.25, 0.3) is 10.2 Å². The van der Waals surface area contributed by atoms with Gasteiger partial charge in [-0.1, -0.05) is 42.5 Å². The molecule has 0 saturated carbocycles. The Bertz CT molecular complexity index is 858. The maximum atomic E-state index is 13.2. The molecule has 1 N–H and O–H groups in total. The van der Waals surface area contributed by atoms with Gasteiger partial charge in [-0.3, -0.25) is 4.79 Å². The fourth-order valence-electron chi connectivity index (χ4n) is 3.21. The molecular weight excluding hydrogens is 354 g/mol. The van der Waals surface area contributed by atoms with Gasteiger partial charge in [-0.25, -0.2) is 4.98 Å². The lowest BCUT2D eigenvalue weighted by Crippen LogP contribution is -2.44. The number of benzene rings is 2. The zero-order valence-corrected chi connectivity index (χ0v) is 17.1. The van der Waals surface area contributed by atoms with Crippen LogP contribution in [-0.4, -0.2) is 43.0 Å². The van der Waals surface area contributed by atoms with Gasteiger partial charge >= 0.3 is 0 Å². The third-order valence-electron chi connectivity index (χ3n) is 4.82. The van der Waals surface area contributed by atoms with E-state index in [2.05, 4.69) is 16.3 Å². The summed E-state index contributed by atoms with van der Waals surface area (Å²) in [5.74, 6) is 0.0618. The first-order valence-corrected chi connectivity index (χ1v) is 10.1. The quantitative estimate of drug-likeness (QED) is 0.603. The maximum Gasteiger partial charge on any atom is 0.230 e. The molecular formula is C22H27N3OS. The molecule has 0 bridgehead atoms. The summed E-state index contributed by atoms with van der Waals surface area (Å²) in [7, 11) is 4.09. The lowest BCUT2D eigenvalue weighted by molar-refractivity contribution is -0.126. The number of nitrogens with zero attached hydrogens (tertiary/aromatic N) is 2. The topological polar surface area (TPSA) is 45.2 Å². The number of thiazole rings is 1. The van der Waals surface area contributed by atoms with Gasteiger partial charge < -0.3 is 10.2 Å². The lowest BCUT2D eigenvalue weighted by atomic mass is 9.78. The van der Waals surface area contributed by atoms with Crippen LogP contribution in [0, 0.1) is 0 Å². The van der Waals surface area contributed by atoms with Gasteiger partial charge in [-0.15, -0.1) is 11.3 Å². The van der Waals surface area contributed by atoms with Crippen molar-refractivity contribution >= 4 is 27.5 Å². The average Bonchev–Trinajstić information content (AvgIpc) is 3.07. The Labute approximate surface area is 165 Å². The van der Waals surface area contributed by atoms with Crippen molar-refractivity contribution in [1.82, 2.24) is 15.2 Å². The molecule has 0 fully saturated rings. The average molecular weight is 382 g/mol. The van der Waals surface area contributed by atoms with Gasteiger partial charge in [-0.2, -0.15) is 0 Å². The first-order valence-electron chi connectivity index (χ1n) is 9.32. The Hall–Kier alpha value is -2.24. The highest BCUT2D eigenvalue weighted by Gasteiger charge is 2.36. The van der Waals surface area contributed by atoms with Crippen LogP contribution in [0.1, 0.15) is 23.9 Å². The van der Waals surface area contributed by atoms with Crippen LogP contribution in [0.5, 0.6) is 0 Å². The molecule has 0 radical (unpaired) electrons. The summed E-state index contributed by atoms with van der Waals surface area (Å²) in [5.41, 5.74) is 1.38. The van der Waals surface area contributed by atoms with Crippen LogP contribution in [0.15, 0.2) is 54.6 Å². The van der Waals surface area contributed by atoms with E-state index in [-0.39, 0.29) is 5.91 Å². The number of para-hydroxylation sites is 1. The van der Waals surface area contributed by atoms with Crippen LogP contribution in [0.2, 0.25) is 0 Å². The van der Waals surface area contributed by atoms with Crippen LogP contribution >= 0.6 is 11.3 Å². The van der Waals surface area contributed by atoms with Gasteiger partial charge in [0.1, 0.15) is 0 Å². The number of carbonyl (C=O) groups excluding carboxylic acids is 1. The van der Waals surface area contributed by atoms with Crippen molar-refractivity contribution < 1.29 is 4.79 Å². The zero-order chi connectivity index (χ0) is 19.3. The largest absolute Gasteiger partial charge is 0.355 e. The smallest absolute Gasteiger partial charge is 0.230 e. The van der Waals surface area contributed by atoms with Crippen LogP contribution in [-0.2, 0) is 16.6 Å². The molecule has 142 valence electrons. The molecule has 3 aromatic rings. The molecule has 5 heteroatoms. The Kier molecular flexibility index (Phi) is 6.24. The van der Waals surface area contributed by atoms with E-state index in [0.717, 1.165) is 33.8 Å². The van der Waals surface area contributed by atoms with Gasteiger partial charge in [0.2, 0.25) is 5.91 Å². The van der Waals surface area contributed by atoms with Crippen molar-refractivity contribution in [3.63, 3.8) is 0 Å². The molecule has 27 heavy (non-hydrogen) atoms. The van der Waals surface area contributed by atoms with Gasteiger partial charge in [0.15, 0.2) is 0 Å². The van der Waals surface area contributed by atoms with E-state index in [1.165, 1.54) is 0 Å². The highest BCUT2D eigenvalue weighted by molar-refractivity contribution is 7.18. The highest BCUT2D eigenvalue weighted by atomic mass is 32.1. The summed E-state index contributed by atoms with van der Waals surface area (Å²) in [6, 6.07) is 18.2. The number of rotatable bonds is 8. The molecule has 1 unspecified atom stereocenters. The summed E-state index contributed by atoms with van der Waals surface area (Å²) in [6.45, 7) is 3.66. The predicted molar refractivity (Wildman–Crippen MR) is 113 cm³/mol. The standard InChI is InChI=1S/C22H27N3OS/c1-22(17-10-5-4-6-11-17,21(26)23-14-9-15-25(2)3)16-20-24-18-12-7-8-13-19(18)27-20/h4-8,10-13H,9,14-16H2,1-3H3,(H,23,26). The van der Waals surface area contributed by atoms with Crippen LogP contribution < -0.4 is 5.32 Å². The maximum absolute atomic E-state index is 13.2. The Balaban J connectivity index is 1.82. The SMILES string of the molecule is CN(C)CCCNC(=O)C(C)(Cc1nc2ccccc2s1)c1ccccc1. The first kappa shape index (κ1) is 19.5. The Morgan fingerprint density at radius 3 is 2.52 bits per heavy atom. The van der Waals surface area contributed by atoms with Gasteiger partial charge in [-0.05, 0) is 51.7 Å². The molecule has 0 aliphatic carbocycles. The molecule has 4 nitrogen and oxygen atoms in total. The lowest BCUT2D eigenvalue weighted by Gasteiger charge is -2.28. The van der Waals surface area contributed by atoms with Crippen molar-refractivity contribution in [2.24, 2.45) is 0 Å². The van der Waals surface area contributed by atoms with E-state index in [9.17, 15) is 4.79 Å². The van der Waals surface area contributed by atoms with E-state index in [1.54, 1.807) is 11.3 Å². The molecule has 0 aliphatic rings. The summed E-state index contributed by atoms with van der Waals surface area (Å²) >= 11 is 1.67. The number of fused-ring (bicyclic) bond motifs is 1. The number of amides is 1. The zero-order valence-electron chi connectivity index (χ0n) is 16.2. The first-order chi connectivity index (χ1) is 13.0. The summed E-state index contributed by atoms with van der Waals surface area (Å²) in [4.78, 5) is 20.1. The van der Waals surface area contributed by atoms with Gasteiger partial charge in [0.25, 0.3) is 0 Å². The second kappa shape index (κ2) is 8.63. The van der Waals surface area contributed by atoms with Crippen LogP contribution in [0.3, 0.4) is 0 Å². The number of carbonyl (C=O) groups is 1. The van der Waals surface area contributed by atoms with E-state index in [4.69, 9.17) is 4.98 Å². The minimum Gasteiger partial charge on any atom is -0.355 e. The van der Waals surface area contributed by atoms with Crippen molar-refractivity contribution in [2.45, 2.75) is 25.2 Å². The van der Waals surface area contributed by atoms with E-state index in [0.29, 0.717) is 13.0 Å². The molecule has 0 aliphatic heterocycles. The van der Waals surface area contributed by atoms with Crippen molar-refractivity contribution in [3.05, 3.63) is 65.2 Å². The minimum absolute atomic E-state index is 0.0618. The third-order valence-corrected chi connectivity index (χ3v) is 5.86. The number of aromatic nitrogens is 1. The third kappa shape index (κ3) is 4.73. The fraction of sp³-hybridized carbons (Fsp3) is 0.364. The molecule has 2 aromatic carbocycles. The second-order valence-electron chi connectivity index (χ2n) is 7.36. The Morgan fingerprint density at radius 2 is 1.81 bits per heavy atom. The highest BCUT2D eigenvalue weighted by Crippen LogP contribution is 2.32. The minimum atomic E-state index is -0.646. The molecule has 0 spiro atoms. The van der Waals surface area contributed by atoms with Crippen molar-refractivity contribution in [3.8, 4) is 0 Å². The molecule has 3 rings (SSSR count). The van der Waals surface area contributed by atoms with E-state index >= 15 is 0 Å². The van der Waals surface area contributed by atoms with Crippen molar-refractivity contribution in [2.75, 3.05) is 27.2 Å². The van der Waals surface area contributed by atoms with Crippen molar-refractivity contribution in [1.29, 1.82) is 0 Å². The Morgan fingerprint density at radius 1 is 1.11 bits per heavy atom. The molecule has 1 atom stereocenters. The summed E-state index contributed by atoms with van der Waals surface area (Å²) < 4.78 is 1.16. The van der Waals surface area contributed by atoms with Crippen LogP contribution in [0.4, 0.5) is 0 Å². The monoisotopic (exact) mass is 381 g/mol.